The molecule has 30 heavy (non-hydrogen) atoms. The molecule has 9 heteroatoms. The summed E-state index contributed by atoms with van der Waals surface area (Å²) in [5.74, 6) is 0.989. The fourth-order valence-electron chi connectivity index (χ4n) is 4.76. The van der Waals surface area contributed by atoms with Crippen LogP contribution in [-0.2, 0) is 10.9 Å². The van der Waals surface area contributed by atoms with Crippen molar-refractivity contribution in [1.29, 1.82) is 0 Å². The molecule has 1 aliphatic heterocycles. The Morgan fingerprint density at radius 3 is 2.43 bits per heavy atom. The van der Waals surface area contributed by atoms with Gasteiger partial charge in [0, 0.05) is 55.7 Å². The summed E-state index contributed by atoms with van der Waals surface area (Å²) in [6.07, 6.45) is -3.18. The molecular weight excluding hydrogens is 395 g/mol. The van der Waals surface area contributed by atoms with Gasteiger partial charge in [0.15, 0.2) is 0 Å². The van der Waals surface area contributed by atoms with Crippen LogP contribution in [0.4, 0.5) is 19.0 Å². The predicted molar refractivity (Wildman–Crippen MR) is 108 cm³/mol. The number of fused-ring (bicyclic) bond motifs is 1. The van der Waals surface area contributed by atoms with E-state index >= 15 is 0 Å². The zero-order valence-corrected chi connectivity index (χ0v) is 17.6. The SMILES string of the molecule is COCC(C)N1C[C@@H]2[C@H](C1)[C@@H]2c1cc(-c2cnc(N)c(C(F)(F)F)c2)nn1C(C)C. The lowest BCUT2D eigenvalue weighted by atomic mass is 10.1. The number of hydrogen-bond donors (Lipinski definition) is 1. The number of halogens is 3. The van der Waals surface area contributed by atoms with Crippen LogP contribution in [-0.4, -0.2) is 52.5 Å². The number of ether oxygens (including phenoxy) is 1. The van der Waals surface area contributed by atoms with Crippen LogP contribution < -0.4 is 5.73 Å². The maximum atomic E-state index is 13.2. The van der Waals surface area contributed by atoms with Gasteiger partial charge in [-0.15, -0.1) is 0 Å². The van der Waals surface area contributed by atoms with Gasteiger partial charge >= 0.3 is 6.18 Å². The highest BCUT2D eigenvalue weighted by molar-refractivity contribution is 5.63. The second-order valence-electron chi connectivity index (χ2n) is 8.76. The molecule has 0 aromatic carbocycles. The Hall–Kier alpha value is -2.13. The van der Waals surface area contributed by atoms with Crippen LogP contribution in [0.15, 0.2) is 18.3 Å². The van der Waals surface area contributed by atoms with Gasteiger partial charge in [-0.25, -0.2) is 4.98 Å². The van der Waals surface area contributed by atoms with Gasteiger partial charge in [0.25, 0.3) is 0 Å². The Labute approximate surface area is 174 Å². The number of nitrogen functional groups attached to an aromatic ring is 1. The van der Waals surface area contributed by atoms with Crippen LogP contribution in [0.25, 0.3) is 11.3 Å². The molecule has 0 spiro atoms. The Bertz CT molecular complexity index is 914. The van der Waals surface area contributed by atoms with Crippen LogP contribution in [0, 0.1) is 11.8 Å². The molecular formula is C21H28F3N5O. The lowest BCUT2D eigenvalue weighted by Crippen LogP contribution is -2.36. The molecule has 1 aliphatic carbocycles. The molecule has 3 heterocycles. The average molecular weight is 423 g/mol. The fraction of sp³-hybridized carbons (Fsp3) is 0.619. The minimum atomic E-state index is -4.55. The van der Waals surface area contributed by atoms with Crippen molar-refractivity contribution in [2.24, 2.45) is 11.8 Å². The van der Waals surface area contributed by atoms with Crippen molar-refractivity contribution in [3.05, 3.63) is 29.6 Å². The van der Waals surface area contributed by atoms with Gasteiger partial charge in [-0.2, -0.15) is 18.3 Å². The van der Waals surface area contributed by atoms with Crippen molar-refractivity contribution in [2.75, 3.05) is 32.5 Å². The molecule has 164 valence electrons. The Kier molecular flexibility index (Phi) is 5.30. The number of alkyl halides is 3. The highest BCUT2D eigenvalue weighted by Crippen LogP contribution is 2.59. The van der Waals surface area contributed by atoms with Gasteiger partial charge in [-0.05, 0) is 44.7 Å². The van der Waals surface area contributed by atoms with E-state index in [1.807, 2.05) is 24.6 Å². The summed E-state index contributed by atoms with van der Waals surface area (Å²) in [6.45, 7) is 8.98. The van der Waals surface area contributed by atoms with Crippen molar-refractivity contribution in [3.63, 3.8) is 0 Å². The van der Waals surface area contributed by atoms with Crippen molar-refractivity contribution in [1.82, 2.24) is 19.7 Å². The first-order valence-electron chi connectivity index (χ1n) is 10.3. The van der Waals surface area contributed by atoms with Gasteiger partial charge in [0.05, 0.1) is 17.9 Å². The first-order valence-corrected chi connectivity index (χ1v) is 10.3. The Morgan fingerprint density at radius 1 is 1.20 bits per heavy atom. The third kappa shape index (κ3) is 3.69. The van der Waals surface area contributed by atoms with Gasteiger partial charge in [0.2, 0.25) is 0 Å². The normalized spacial score (nSPS) is 25.0. The molecule has 4 rings (SSSR count). The maximum Gasteiger partial charge on any atom is 0.419 e. The van der Waals surface area contributed by atoms with E-state index in [0.29, 0.717) is 41.7 Å². The lowest BCUT2D eigenvalue weighted by Gasteiger charge is -2.26. The number of hydrogen-bond acceptors (Lipinski definition) is 5. The Morgan fingerprint density at radius 2 is 1.87 bits per heavy atom. The number of nitrogens with two attached hydrogens (primary N) is 1. The summed E-state index contributed by atoms with van der Waals surface area (Å²) in [7, 11) is 1.72. The molecule has 2 fully saturated rings. The van der Waals surface area contributed by atoms with Gasteiger partial charge < -0.3 is 10.5 Å². The molecule has 0 bridgehead atoms. The molecule has 2 aliphatic rings. The number of pyridine rings is 1. The monoisotopic (exact) mass is 423 g/mol. The first-order chi connectivity index (χ1) is 14.1. The third-order valence-electron chi connectivity index (χ3n) is 6.37. The largest absolute Gasteiger partial charge is 0.419 e. The summed E-state index contributed by atoms with van der Waals surface area (Å²) in [5, 5.41) is 4.64. The van der Waals surface area contributed by atoms with Crippen LogP contribution >= 0.6 is 0 Å². The quantitative estimate of drug-likeness (QED) is 0.765. The number of anilines is 1. The van der Waals surface area contributed by atoms with E-state index in [9.17, 15) is 13.2 Å². The van der Waals surface area contributed by atoms with Crippen molar-refractivity contribution < 1.29 is 17.9 Å². The number of piperidine rings is 1. The number of aromatic nitrogens is 3. The second-order valence-corrected chi connectivity index (χ2v) is 8.76. The second kappa shape index (κ2) is 7.53. The minimum absolute atomic E-state index is 0.113. The summed E-state index contributed by atoms with van der Waals surface area (Å²) in [6, 6.07) is 3.47. The van der Waals surface area contributed by atoms with E-state index < -0.39 is 17.6 Å². The van der Waals surface area contributed by atoms with E-state index in [4.69, 9.17) is 10.5 Å². The predicted octanol–water partition coefficient (Wildman–Crippen LogP) is 3.81. The van der Waals surface area contributed by atoms with E-state index in [0.717, 1.165) is 24.8 Å². The molecule has 2 N–H and O–H groups in total. The Balaban J connectivity index is 1.60. The summed E-state index contributed by atoms with van der Waals surface area (Å²) in [5.41, 5.74) is 6.46. The zero-order valence-electron chi connectivity index (χ0n) is 17.6. The molecule has 1 unspecified atom stereocenters. The molecule has 1 saturated carbocycles. The van der Waals surface area contributed by atoms with Crippen LogP contribution in [0.3, 0.4) is 0 Å². The van der Waals surface area contributed by atoms with Gasteiger partial charge in [-0.1, -0.05) is 0 Å². The highest BCUT2D eigenvalue weighted by Gasteiger charge is 2.58. The summed E-state index contributed by atoms with van der Waals surface area (Å²) >= 11 is 0. The van der Waals surface area contributed by atoms with E-state index in [-0.39, 0.29) is 6.04 Å². The molecule has 2 aromatic heterocycles. The van der Waals surface area contributed by atoms with E-state index in [2.05, 4.69) is 21.9 Å². The van der Waals surface area contributed by atoms with Crippen LogP contribution in [0.5, 0.6) is 0 Å². The molecule has 0 amide bonds. The highest BCUT2D eigenvalue weighted by atomic mass is 19.4. The van der Waals surface area contributed by atoms with Crippen LogP contribution in [0.2, 0.25) is 0 Å². The molecule has 6 nitrogen and oxygen atoms in total. The molecule has 1 saturated heterocycles. The number of rotatable bonds is 6. The van der Waals surface area contributed by atoms with Crippen molar-refractivity contribution in [2.45, 2.75) is 44.9 Å². The number of nitrogens with zero attached hydrogens (tertiary/aromatic N) is 4. The first kappa shape index (κ1) is 21.1. The number of likely N-dealkylation sites (tertiary alicyclic amines) is 1. The fourth-order valence-corrected chi connectivity index (χ4v) is 4.76. The average Bonchev–Trinajstić information content (AvgIpc) is 3.03. The molecule has 2 aromatic rings. The molecule has 4 atom stereocenters. The molecule has 0 radical (unpaired) electrons. The van der Waals surface area contributed by atoms with Crippen LogP contribution in [0.1, 0.15) is 44.0 Å². The van der Waals surface area contributed by atoms with E-state index in [1.165, 1.54) is 6.20 Å². The lowest BCUT2D eigenvalue weighted by molar-refractivity contribution is -0.137. The van der Waals surface area contributed by atoms with Gasteiger partial charge in [0.1, 0.15) is 5.82 Å². The van der Waals surface area contributed by atoms with Crippen molar-refractivity contribution >= 4 is 5.82 Å². The van der Waals surface area contributed by atoms with Gasteiger partial charge in [-0.3, -0.25) is 9.58 Å². The minimum Gasteiger partial charge on any atom is -0.383 e. The number of methoxy groups -OCH3 is 1. The summed E-state index contributed by atoms with van der Waals surface area (Å²) < 4.78 is 47.0. The maximum absolute atomic E-state index is 13.2. The third-order valence-corrected chi connectivity index (χ3v) is 6.37. The summed E-state index contributed by atoms with van der Waals surface area (Å²) in [4.78, 5) is 6.21. The zero-order chi connectivity index (χ0) is 21.8. The van der Waals surface area contributed by atoms with E-state index in [1.54, 1.807) is 7.11 Å². The topological polar surface area (TPSA) is 69.2 Å². The standard InChI is InChI=1S/C21H28F3N5O/c1-11(2)29-18(19-14-8-28(9-15(14)19)12(3)10-30-4)6-17(27-29)13-5-16(21(22,23)24)20(25)26-7-13/h5-7,11-12,14-15,19H,8-10H2,1-4H3,(H2,25,26)/t12?,14-,15+,19-. The van der Waals surface area contributed by atoms with Crippen molar-refractivity contribution in [3.8, 4) is 11.3 Å². The smallest absolute Gasteiger partial charge is 0.383 e.